The minimum atomic E-state index is -3.69. The Morgan fingerprint density at radius 1 is 0.960 bits per heavy atom. The first-order valence-corrected chi connectivity index (χ1v) is 9.71. The van der Waals surface area contributed by atoms with Crippen molar-refractivity contribution in [1.29, 1.82) is 0 Å². The van der Waals surface area contributed by atoms with Crippen LogP contribution in [-0.2, 0) is 14.8 Å². The summed E-state index contributed by atoms with van der Waals surface area (Å²) in [7, 11) is -3.69. The molecule has 1 fully saturated rings. The van der Waals surface area contributed by atoms with Crippen LogP contribution in [0.1, 0.15) is 18.1 Å². The third-order valence-electron chi connectivity index (χ3n) is 4.54. The lowest BCUT2D eigenvalue weighted by Crippen LogP contribution is -2.57. The maximum atomic E-state index is 12.9. The second kappa shape index (κ2) is 6.61. The first-order valence-electron chi connectivity index (χ1n) is 8.27. The number of sulfonamides is 1. The summed E-state index contributed by atoms with van der Waals surface area (Å²) in [6, 6.07) is 13.7. The average molecular weight is 358 g/mol. The number of nitrogens with zero attached hydrogens (tertiary/aromatic N) is 2. The van der Waals surface area contributed by atoms with Gasteiger partial charge in [-0.05, 0) is 50.6 Å². The number of aryl methyl sites for hydroxylation is 2. The zero-order chi connectivity index (χ0) is 18.2. The van der Waals surface area contributed by atoms with Crippen molar-refractivity contribution in [2.45, 2.75) is 31.7 Å². The van der Waals surface area contributed by atoms with Gasteiger partial charge in [0.05, 0.1) is 4.90 Å². The summed E-state index contributed by atoms with van der Waals surface area (Å²) < 4.78 is 27.1. The number of anilines is 1. The predicted molar refractivity (Wildman–Crippen MR) is 98.1 cm³/mol. The fourth-order valence-corrected chi connectivity index (χ4v) is 4.66. The van der Waals surface area contributed by atoms with Gasteiger partial charge in [-0.25, -0.2) is 8.42 Å². The minimum Gasteiger partial charge on any atom is -0.310 e. The van der Waals surface area contributed by atoms with Crippen molar-refractivity contribution in [3.8, 4) is 0 Å². The van der Waals surface area contributed by atoms with Crippen molar-refractivity contribution in [3.05, 3.63) is 59.7 Å². The number of amides is 1. The molecular formula is C19H22N2O3S. The summed E-state index contributed by atoms with van der Waals surface area (Å²) in [4.78, 5) is 14.7. The molecule has 0 spiro atoms. The number of benzene rings is 2. The molecule has 0 aromatic heterocycles. The Morgan fingerprint density at radius 3 is 2.28 bits per heavy atom. The van der Waals surface area contributed by atoms with E-state index in [1.165, 1.54) is 4.31 Å². The summed E-state index contributed by atoms with van der Waals surface area (Å²) in [5.41, 5.74) is 2.87. The van der Waals surface area contributed by atoms with E-state index in [0.717, 1.165) is 16.8 Å². The van der Waals surface area contributed by atoms with Gasteiger partial charge >= 0.3 is 0 Å². The normalized spacial score (nSPS) is 19.2. The molecule has 0 bridgehead atoms. The van der Waals surface area contributed by atoms with E-state index in [2.05, 4.69) is 0 Å². The van der Waals surface area contributed by atoms with Crippen LogP contribution in [0.25, 0.3) is 0 Å². The van der Waals surface area contributed by atoms with Crippen molar-refractivity contribution in [2.24, 2.45) is 0 Å². The van der Waals surface area contributed by atoms with Crippen LogP contribution < -0.4 is 4.90 Å². The molecule has 2 aromatic rings. The summed E-state index contributed by atoms with van der Waals surface area (Å²) in [5, 5.41) is 0. The highest BCUT2D eigenvalue weighted by Crippen LogP contribution is 2.26. The maximum Gasteiger partial charge on any atom is 0.245 e. The third kappa shape index (κ3) is 3.32. The van der Waals surface area contributed by atoms with Crippen molar-refractivity contribution in [3.63, 3.8) is 0 Å². The number of piperazine rings is 1. The van der Waals surface area contributed by atoms with Gasteiger partial charge in [-0.3, -0.25) is 4.79 Å². The zero-order valence-electron chi connectivity index (χ0n) is 14.6. The Labute approximate surface area is 148 Å². The van der Waals surface area contributed by atoms with Crippen LogP contribution in [-0.4, -0.2) is 37.8 Å². The molecule has 5 nitrogen and oxygen atoms in total. The number of carbonyl (C=O) groups is 1. The summed E-state index contributed by atoms with van der Waals surface area (Å²) in [6.45, 7) is 6.14. The van der Waals surface area contributed by atoms with Gasteiger partial charge in [-0.1, -0.05) is 29.8 Å². The molecule has 1 unspecified atom stereocenters. The third-order valence-corrected chi connectivity index (χ3v) is 6.52. The van der Waals surface area contributed by atoms with Crippen LogP contribution in [0.5, 0.6) is 0 Å². The first kappa shape index (κ1) is 17.6. The topological polar surface area (TPSA) is 57.7 Å². The molecule has 1 aliphatic heterocycles. The molecule has 1 amide bonds. The number of hydrogen-bond acceptors (Lipinski definition) is 3. The van der Waals surface area contributed by atoms with E-state index in [-0.39, 0.29) is 17.3 Å². The van der Waals surface area contributed by atoms with E-state index in [0.29, 0.717) is 6.54 Å². The van der Waals surface area contributed by atoms with Gasteiger partial charge < -0.3 is 4.90 Å². The van der Waals surface area contributed by atoms with Crippen molar-refractivity contribution >= 4 is 21.6 Å². The molecule has 1 aliphatic rings. The van der Waals surface area contributed by atoms with E-state index in [9.17, 15) is 13.2 Å². The number of hydrogen-bond donors (Lipinski definition) is 0. The second-order valence-corrected chi connectivity index (χ2v) is 8.32. The Morgan fingerprint density at radius 2 is 1.64 bits per heavy atom. The van der Waals surface area contributed by atoms with E-state index in [1.54, 1.807) is 36.1 Å². The molecule has 0 N–H and O–H groups in total. The zero-order valence-corrected chi connectivity index (χ0v) is 15.5. The predicted octanol–water partition coefficient (Wildman–Crippen LogP) is 2.73. The first-order chi connectivity index (χ1) is 11.8. The molecule has 0 saturated carbocycles. The van der Waals surface area contributed by atoms with Crippen LogP contribution in [0.3, 0.4) is 0 Å². The van der Waals surface area contributed by atoms with Crippen LogP contribution >= 0.6 is 0 Å². The highest BCUT2D eigenvalue weighted by atomic mass is 32.2. The quantitative estimate of drug-likeness (QED) is 0.848. The van der Waals surface area contributed by atoms with Gasteiger partial charge in [0, 0.05) is 18.8 Å². The Hall–Kier alpha value is -2.18. The molecule has 2 aromatic carbocycles. The lowest BCUT2D eigenvalue weighted by atomic mass is 10.1. The molecular weight excluding hydrogens is 336 g/mol. The van der Waals surface area contributed by atoms with Gasteiger partial charge in [-0.15, -0.1) is 0 Å². The molecule has 1 heterocycles. The highest BCUT2D eigenvalue weighted by molar-refractivity contribution is 7.89. The van der Waals surface area contributed by atoms with E-state index < -0.39 is 16.1 Å². The van der Waals surface area contributed by atoms with E-state index >= 15 is 0 Å². The van der Waals surface area contributed by atoms with Crippen LogP contribution in [0.4, 0.5) is 5.69 Å². The maximum absolute atomic E-state index is 12.9. The van der Waals surface area contributed by atoms with Gasteiger partial charge in [-0.2, -0.15) is 4.31 Å². The molecule has 25 heavy (non-hydrogen) atoms. The second-order valence-electron chi connectivity index (χ2n) is 6.43. The Balaban J connectivity index is 1.87. The summed E-state index contributed by atoms with van der Waals surface area (Å²) in [5.74, 6) is -0.201. The van der Waals surface area contributed by atoms with Gasteiger partial charge in [0.25, 0.3) is 0 Å². The molecule has 1 atom stereocenters. The Bertz CT molecular complexity index is 891. The molecule has 6 heteroatoms. The van der Waals surface area contributed by atoms with E-state index in [1.807, 2.05) is 38.1 Å². The smallest absolute Gasteiger partial charge is 0.245 e. The van der Waals surface area contributed by atoms with E-state index in [4.69, 9.17) is 0 Å². The SMILES string of the molecule is Cc1ccc(S(=O)(=O)N2CCN(c3cccc(C)c3)C(=O)C2C)cc1. The van der Waals surface area contributed by atoms with Gasteiger partial charge in [0.1, 0.15) is 6.04 Å². The van der Waals surface area contributed by atoms with Crippen molar-refractivity contribution in [1.82, 2.24) is 4.31 Å². The lowest BCUT2D eigenvalue weighted by molar-refractivity contribution is -0.123. The van der Waals surface area contributed by atoms with Crippen molar-refractivity contribution in [2.75, 3.05) is 18.0 Å². The number of rotatable bonds is 3. The molecule has 132 valence electrons. The standard InChI is InChI=1S/C19H22N2O3S/c1-14-7-9-18(10-8-14)25(23,24)21-12-11-20(19(22)16(21)3)17-6-4-5-15(2)13-17/h4-10,13,16H,11-12H2,1-3H3. The van der Waals surface area contributed by atoms with Crippen LogP contribution in [0.2, 0.25) is 0 Å². The van der Waals surface area contributed by atoms with Gasteiger partial charge in [0.15, 0.2) is 0 Å². The van der Waals surface area contributed by atoms with Crippen molar-refractivity contribution < 1.29 is 13.2 Å². The lowest BCUT2D eigenvalue weighted by Gasteiger charge is -2.38. The Kier molecular flexibility index (Phi) is 4.67. The number of carbonyl (C=O) groups excluding carboxylic acids is 1. The van der Waals surface area contributed by atoms with Gasteiger partial charge in [0.2, 0.25) is 15.9 Å². The average Bonchev–Trinajstić information content (AvgIpc) is 2.57. The van der Waals surface area contributed by atoms with Crippen LogP contribution in [0, 0.1) is 13.8 Å². The largest absolute Gasteiger partial charge is 0.310 e. The minimum absolute atomic E-state index is 0.201. The molecule has 0 aliphatic carbocycles. The highest BCUT2D eigenvalue weighted by Gasteiger charge is 2.39. The molecule has 0 radical (unpaired) electrons. The monoisotopic (exact) mass is 358 g/mol. The van der Waals surface area contributed by atoms with Crippen LogP contribution in [0.15, 0.2) is 53.4 Å². The molecule has 3 rings (SSSR count). The fraction of sp³-hybridized carbons (Fsp3) is 0.316. The molecule has 1 saturated heterocycles. The summed E-state index contributed by atoms with van der Waals surface area (Å²) >= 11 is 0. The summed E-state index contributed by atoms with van der Waals surface area (Å²) in [6.07, 6.45) is 0. The fourth-order valence-electron chi connectivity index (χ4n) is 3.08.